The van der Waals surface area contributed by atoms with Crippen molar-refractivity contribution in [1.82, 2.24) is 9.88 Å². The number of halogens is 1. The third-order valence-electron chi connectivity index (χ3n) is 3.65. The lowest BCUT2D eigenvalue weighted by molar-refractivity contribution is 0.455. The summed E-state index contributed by atoms with van der Waals surface area (Å²) in [7, 11) is 0. The van der Waals surface area contributed by atoms with Gasteiger partial charge in [0.05, 0.1) is 12.2 Å². The summed E-state index contributed by atoms with van der Waals surface area (Å²) in [5.74, 6) is 2.92. The van der Waals surface area contributed by atoms with Gasteiger partial charge in [0, 0.05) is 36.4 Å². The van der Waals surface area contributed by atoms with E-state index in [2.05, 4.69) is 33.1 Å². The minimum absolute atomic E-state index is 0. The van der Waals surface area contributed by atoms with Crippen molar-refractivity contribution >= 4 is 41.7 Å². The Morgan fingerprint density at radius 3 is 2.74 bits per heavy atom. The van der Waals surface area contributed by atoms with E-state index in [9.17, 15) is 0 Å². The first-order chi connectivity index (χ1) is 10.8. The van der Waals surface area contributed by atoms with E-state index < -0.39 is 0 Å². The number of aromatic nitrogens is 1. The van der Waals surface area contributed by atoms with E-state index >= 15 is 0 Å². The molecule has 1 aromatic heterocycles. The Hall–Kier alpha value is -1.28. The Morgan fingerprint density at radius 2 is 2.00 bits per heavy atom. The predicted octanol–water partition coefficient (Wildman–Crippen LogP) is 3.23. The van der Waals surface area contributed by atoms with Crippen LogP contribution >= 0.6 is 35.7 Å². The summed E-state index contributed by atoms with van der Waals surface area (Å²) in [6.45, 7) is 2.60. The zero-order valence-electron chi connectivity index (χ0n) is 12.9. The van der Waals surface area contributed by atoms with Gasteiger partial charge in [0.15, 0.2) is 5.96 Å². The number of benzene rings is 1. The average Bonchev–Trinajstić information content (AvgIpc) is 2.61. The first-order valence-corrected chi connectivity index (χ1v) is 8.61. The molecular weight excluding hydrogens is 419 g/mol. The molecule has 122 valence electrons. The summed E-state index contributed by atoms with van der Waals surface area (Å²) in [5, 5.41) is 0. The largest absolute Gasteiger partial charge is 0.370 e. The van der Waals surface area contributed by atoms with Gasteiger partial charge in [-0.2, -0.15) is 11.8 Å². The number of hydrogen-bond donors (Lipinski definition) is 1. The van der Waals surface area contributed by atoms with Crippen LogP contribution < -0.4 is 5.73 Å². The standard InChI is InChI=1S/C17H20N4S.HI/c18-17(21-8-10-22-11-9-21)20-13-14-4-3-5-15(12-14)16-6-1-2-7-19-16;/h1-7,12H,8-11,13H2,(H2,18,20);1H. The maximum atomic E-state index is 6.10. The second-order valence-corrected chi connectivity index (χ2v) is 6.41. The molecule has 23 heavy (non-hydrogen) atoms. The number of hydrogen-bond acceptors (Lipinski definition) is 3. The van der Waals surface area contributed by atoms with Crippen LogP contribution in [-0.2, 0) is 6.54 Å². The van der Waals surface area contributed by atoms with Gasteiger partial charge in [0.1, 0.15) is 0 Å². The van der Waals surface area contributed by atoms with E-state index in [-0.39, 0.29) is 24.0 Å². The molecule has 3 rings (SSSR count). The third kappa shape index (κ3) is 5.10. The molecule has 1 fully saturated rings. The highest BCUT2D eigenvalue weighted by Crippen LogP contribution is 2.18. The monoisotopic (exact) mass is 440 g/mol. The molecule has 1 aliphatic rings. The lowest BCUT2D eigenvalue weighted by atomic mass is 10.1. The Morgan fingerprint density at radius 1 is 1.17 bits per heavy atom. The molecule has 0 saturated carbocycles. The van der Waals surface area contributed by atoms with E-state index in [1.54, 1.807) is 0 Å². The van der Waals surface area contributed by atoms with Crippen LogP contribution in [0.1, 0.15) is 5.56 Å². The van der Waals surface area contributed by atoms with Crippen LogP contribution in [-0.4, -0.2) is 40.4 Å². The normalized spacial score (nSPS) is 15.1. The molecule has 1 saturated heterocycles. The second kappa shape index (κ2) is 9.12. The van der Waals surface area contributed by atoms with Crippen LogP contribution in [0.4, 0.5) is 0 Å². The molecule has 0 spiro atoms. The van der Waals surface area contributed by atoms with Gasteiger partial charge < -0.3 is 10.6 Å². The quantitative estimate of drug-likeness (QED) is 0.453. The summed E-state index contributed by atoms with van der Waals surface area (Å²) >= 11 is 1.97. The molecule has 0 radical (unpaired) electrons. The van der Waals surface area contributed by atoms with Gasteiger partial charge in [-0.15, -0.1) is 24.0 Å². The number of nitrogens with two attached hydrogens (primary N) is 1. The predicted molar refractivity (Wildman–Crippen MR) is 109 cm³/mol. The van der Waals surface area contributed by atoms with Gasteiger partial charge in [-0.25, -0.2) is 4.99 Å². The second-order valence-electron chi connectivity index (χ2n) is 5.19. The first-order valence-electron chi connectivity index (χ1n) is 7.46. The van der Waals surface area contributed by atoms with Crippen LogP contribution in [0.15, 0.2) is 53.7 Å². The zero-order chi connectivity index (χ0) is 15.2. The Labute approximate surface area is 158 Å². The fraction of sp³-hybridized carbons (Fsp3) is 0.294. The van der Waals surface area contributed by atoms with Gasteiger partial charge in [-0.05, 0) is 23.8 Å². The van der Waals surface area contributed by atoms with Crippen LogP contribution in [0.25, 0.3) is 11.3 Å². The fourth-order valence-electron chi connectivity index (χ4n) is 2.43. The Balaban J connectivity index is 0.00000192. The molecule has 4 nitrogen and oxygen atoms in total. The van der Waals surface area contributed by atoms with Gasteiger partial charge in [0.25, 0.3) is 0 Å². The molecule has 0 atom stereocenters. The number of thioether (sulfide) groups is 1. The van der Waals surface area contributed by atoms with Crippen molar-refractivity contribution < 1.29 is 0 Å². The molecule has 0 unspecified atom stereocenters. The number of nitrogens with zero attached hydrogens (tertiary/aromatic N) is 3. The van der Waals surface area contributed by atoms with Crippen molar-refractivity contribution in [2.45, 2.75) is 6.54 Å². The van der Waals surface area contributed by atoms with Gasteiger partial charge >= 0.3 is 0 Å². The smallest absolute Gasteiger partial charge is 0.191 e. The zero-order valence-corrected chi connectivity index (χ0v) is 16.0. The maximum Gasteiger partial charge on any atom is 0.191 e. The number of rotatable bonds is 3. The molecule has 0 aliphatic carbocycles. The number of aliphatic imine (C=N–C) groups is 1. The summed E-state index contributed by atoms with van der Waals surface area (Å²) in [6.07, 6.45) is 1.81. The van der Waals surface area contributed by atoms with Crippen molar-refractivity contribution in [3.8, 4) is 11.3 Å². The lowest BCUT2D eigenvalue weighted by Crippen LogP contribution is -2.42. The van der Waals surface area contributed by atoms with Crippen LogP contribution in [0, 0.1) is 0 Å². The van der Waals surface area contributed by atoms with E-state index in [1.807, 2.05) is 42.2 Å². The highest BCUT2D eigenvalue weighted by atomic mass is 127. The number of guanidine groups is 1. The van der Waals surface area contributed by atoms with Crippen molar-refractivity contribution in [1.29, 1.82) is 0 Å². The average molecular weight is 440 g/mol. The minimum Gasteiger partial charge on any atom is -0.370 e. The molecular formula is C17H21IN4S. The van der Waals surface area contributed by atoms with Gasteiger partial charge in [-0.3, -0.25) is 4.98 Å². The van der Waals surface area contributed by atoms with Crippen molar-refractivity contribution in [2.75, 3.05) is 24.6 Å². The fourth-order valence-corrected chi connectivity index (χ4v) is 3.33. The molecule has 1 aromatic carbocycles. The highest BCUT2D eigenvalue weighted by molar-refractivity contribution is 14.0. The van der Waals surface area contributed by atoms with Crippen molar-refractivity contribution in [3.63, 3.8) is 0 Å². The summed E-state index contributed by atoms with van der Waals surface area (Å²) in [6, 6.07) is 14.3. The van der Waals surface area contributed by atoms with Crippen molar-refractivity contribution in [3.05, 3.63) is 54.2 Å². The first kappa shape index (κ1) is 18.1. The lowest BCUT2D eigenvalue weighted by Gasteiger charge is -2.27. The van der Waals surface area contributed by atoms with E-state index in [1.165, 1.54) is 0 Å². The highest BCUT2D eigenvalue weighted by Gasteiger charge is 2.11. The summed E-state index contributed by atoms with van der Waals surface area (Å²) < 4.78 is 0. The number of pyridine rings is 1. The molecule has 2 aromatic rings. The minimum atomic E-state index is 0. The molecule has 2 N–H and O–H groups in total. The van der Waals surface area contributed by atoms with Crippen LogP contribution in [0.5, 0.6) is 0 Å². The SMILES string of the molecule is I.NC(=NCc1cccc(-c2ccccn2)c1)N1CCSCC1. The van der Waals surface area contributed by atoms with Crippen molar-refractivity contribution in [2.24, 2.45) is 10.7 Å². The molecule has 0 amide bonds. The van der Waals surface area contributed by atoms with E-state index in [4.69, 9.17) is 5.73 Å². The van der Waals surface area contributed by atoms with E-state index in [0.717, 1.165) is 41.4 Å². The maximum absolute atomic E-state index is 6.10. The molecule has 1 aliphatic heterocycles. The molecule has 6 heteroatoms. The molecule has 2 heterocycles. The topological polar surface area (TPSA) is 54.5 Å². The Kier molecular flexibility index (Phi) is 7.16. The third-order valence-corrected chi connectivity index (χ3v) is 4.59. The van der Waals surface area contributed by atoms with E-state index in [0.29, 0.717) is 12.5 Å². The summed E-state index contributed by atoms with van der Waals surface area (Å²) in [4.78, 5) is 11.1. The Bertz CT molecular complexity index is 642. The molecule has 0 bridgehead atoms. The van der Waals surface area contributed by atoms with Crippen LogP contribution in [0.2, 0.25) is 0 Å². The van der Waals surface area contributed by atoms with Crippen LogP contribution in [0.3, 0.4) is 0 Å². The summed E-state index contributed by atoms with van der Waals surface area (Å²) in [5.41, 5.74) is 9.34. The van der Waals surface area contributed by atoms with Gasteiger partial charge in [-0.1, -0.05) is 24.3 Å². The van der Waals surface area contributed by atoms with Gasteiger partial charge in [0.2, 0.25) is 0 Å².